The van der Waals surface area contributed by atoms with E-state index in [9.17, 15) is 18.3 Å². The van der Waals surface area contributed by atoms with Gasteiger partial charge in [-0.25, -0.2) is 14.8 Å². The predicted molar refractivity (Wildman–Crippen MR) is 144 cm³/mol. The molecule has 0 aliphatic carbocycles. The first kappa shape index (κ1) is 25.6. The van der Waals surface area contributed by atoms with Crippen LogP contribution in [0.4, 0.5) is 10.6 Å². The van der Waals surface area contributed by atoms with Gasteiger partial charge >= 0.3 is 16.3 Å². The van der Waals surface area contributed by atoms with Crippen LogP contribution in [0.25, 0.3) is 22.3 Å². The van der Waals surface area contributed by atoms with Crippen LogP contribution in [0.15, 0.2) is 61.1 Å². The highest BCUT2D eigenvalue weighted by Gasteiger charge is 2.35. The third-order valence-corrected chi connectivity index (χ3v) is 8.77. The van der Waals surface area contributed by atoms with Gasteiger partial charge in [0.1, 0.15) is 11.5 Å². The monoisotopic (exact) mass is 535 g/mol. The number of pyridine rings is 1. The lowest BCUT2D eigenvalue weighted by Gasteiger charge is -2.33. The molecule has 12 heteroatoms. The summed E-state index contributed by atoms with van der Waals surface area (Å²) in [6, 6.07) is 14.0. The van der Waals surface area contributed by atoms with E-state index in [4.69, 9.17) is 4.98 Å². The van der Waals surface area contributed by atoms with Gasteiger partial charge < -0.3 is 15.4 Å². The third kappa shape index (κ3) is 5.18. The number of amides is 1. The molecule has 3 N–H and O–H groups in total. The van der Waals surface area contributed by atoms with Gasteiger partial charge in [-0.2, -0.15) is 17.0 Å². The average molecular weight is 536 g/mol. The lowest BCUT2D eigenvalue weighted by atomic mass is 9.94. The van der Waals surface area contributed by atoms with Crippen LogP contribution in [0.5, 0.6) is 0 Å². The summed E-state index contributed by atoms with van der Waals surface area (Å²) in [6.07, 6.45) is 4.81. The zero-order chi connectivity index (χ0) is 26.7. The van der Waals surface area contributed by atoms with Crippen molar-refractivity contribution < 1.29 is 18.3 Å². The molecule has 1 fully saturated rings. The van der Waals surface area contributed by atoms with Gasteiger partial charge in [-0.05, 0) is 37.5 Å². The van der Waals surface area contributed by atoms with Crippen LogP contribution in [0.2, 0.25) is 0 Å². The lowest BCUT2D eigenvalue weighted by molar-refractivity contribution is 0.169. The minimum atomic E-state index is -4.05. The molecule has 4 heterocycles. The topological polar surface area (TPSA) is 144 Å². The molecule has 0 saturated carbocycles. The van der Waals surface area contributed by atoms with Crippen molar-refractivity contribution in [3.63, 3.8) is 0 Å². The number of aromatic amines is 1. The number of carbonyl (C=O) groups is 1. The van der Waals surface area contributed by atoms with Crippen LogP contribution in [0, 0.1) is 0 Å². The molecule has 0 atom stereocenters. The molecule has 4 aromatic rings. The van der Waals surface area contributed by atoms with E-state index in [0.717, 1.165) is 33.5 Å². The second-order valence-corrected chi connectivity index (χ2v) is 11.0. The van der Waals surface area contributed by atoms with Crippen LogP contribution < -0.4 is 5.32 Å². The minimum Gasteiger partial charge on any atom is -0.464 e. The summed E-state index contributed by atoms with van der Waals surface area (Å²) < 4.78 is 27.2. The Morgan fingerprint density at radius 1 is 1.18 bits per heavy atom. The Kier molecular flexibility index (Phi) is 7.25. The van der Waals surface area contributed by atoms with Gasteiger partial charge in [0.05, 0.1) is 18.1 Å². The summed E-state index contributed by atoms with van der Waals surface area (Å²) in [4.78, 5) is 28.4. The van der Waals surface area contributed by atoms with Crippen molar-refractivity contribution in [2.24, 2.45) is 0 Å². The number of benzene rings is 1. The van der Waals surface area contributed by atoms with Gasteiger partial charge in [0, 0.05) is 54.9 Å². The molecule has 198 valence electrons. The Bertz CT molecular complexity index is 1530. The molecule has 11 nitrogen and oxygen atoms in total. The van der Waals surface area contributed by atoms with E-state index in [-0.39, 0.29) is 25.6 Å². The minimum absolute atomic E-state index is 0.0911. The van der Waals surface area contributed by atoms with Crippen molar-refractivity contribution in [2.45, 2.75) is 32.2 Å². The molecule has 1 aliphatic rings. The Balaban J connectivity index is 1.33. The van der Waals surface area contributed by atoms with Gasteiger partial charge in [0.15, 0.2) is 0 Å². The molecule has 1 aliphatic heterocycles. The molecule has 38 heavy (non-hydrogen) atoms. The van der Waals surface area contributed by atoms with E-state index in [1.54, 1.807) is 18.6 Å². The number of hydrogen-bond donors (Lipinski definition) is 3. The predicted octanol–water partition coefficient (Wildman–Crippen LogP) is 4.06. The molecule has 5 rings (SSSR count). The normalized spacial score (nSPS) is 15.0. The first-order valence-corrected chi connectivity index (χ1v) is 13.8. The maximum absolute atomic E-state index is 12.7. The molecule has 0 unspecified atom stereocenters. The smallest absolute Gasteiger partial charge is 0.422 e. The highest BCUT2D eigenvalue weighted by atomic mass is 32.2. The second-order valence-electron chi connectivity index (χ2n) is 9.10. The summed E-state index contributed by atoms with van der Waals surface area (Å²) in [5, 5.41) is 13.5. The van der Waals surface area contributed by atoms with Crippen LogP contribution in [0.3, 0.4) is 0 Å². The van der Waals surface area contributed by atoms with Crippen LogP contribution in [0.1, 0.15) is 36.9 Å². The maximum atomic E-state index is 12.7. The highest BCUT2D eigenvalue weighted by Crippen LogP contribution is 2.34. The number of fused-ring (bicyclic) bond motifs is 1. The standard InChI is InChI=1S/C26H29N7O4S/c1-2-33(26(34)35)38(36,37)32-12-9-19(10-13-32)22-14-21-20(8-11-28-25(21)31-22)23-16-27-17-24(30-23)29-15-18-6-4-3-5-7-18/h3-8,11,14,16-17,19H,2,9-10,12-13,15H2,1H3,(H,28,31)(H,29,30)(H,34,35). The summed E-state index contributed by atoms with van der Waals surface area (Å²) in [5.74, 6) is 0.761. The second kappa shape index (κ2) is 10.8. The van der Waals surface area contributed by atoms with Gasteiger partial charge in [-0.15, -0.1) is 0 Å². The van der Waals surface area contributed by atoms with Gasteiger partial charge in [0.25, 0.3) is 0 Å². The maximum Gasteiger partial charge on any atom is 0.422 e. The van der Waals surface area contributed by atoms with E-state index < -0.39 is 16.3 Å². The number of nitrogens with one attached hydrogen (secondary N) is 2. The Morgan fingerprint density at radius 3 is 2.66 bits per heavy atom. The van der Waals surface area contributed by atoms with Crippen molar-refractivity contribution in [3.05, 3.63) is 72.3 Å². The van der Waals surface area contributed by atoms with Crippen molar-refractivity contribution in [1.82, 2.24) is 28.5 Å². The number of hydrogen-bond acceptors (Lipinski definition) is 7. The van der Waals surface area contributed by atoms with Gasteiger partial charge in [0.2, 0.25) is 0 Å². The van der Waals surface area contributed by atoms with Crippen LogP contribution in [-0.2, 0) is 16.8 Å². The first-order valence-electron chi connectivity index (χ1n) is 12.5. The largest absolute Gasteiger partial charge is 0.464 e. The molecular formula is C26H29N7O4S. The number of nitrogens with zero attached hydrogens (tertiary/aromatic N) is 5. The highest BCUT2D eigenvalue weighted by molar-refractivity contribution is 7.87. The van der Waals surface area contributed by atoms with E-state index >= 15 is 0 Å². The zero-order valence-corrected chi connectivity index (χ0v) is 21.7. The summed E-state index contributed by atoms with van der Waals surface area (Å²) in [7, 11) is -4.05. The van der Waals surface area contributed by atoms with Crippen molar-refractivity contribution >= 4 is 33.2 Å². The number of H-pyrrole nitrogens is 1. The Hall–Kier alpha value is -4.03. The van der Waals surface area contributed by atoms with Gasteiger partial charge in [-0.1, -0.05) is 30.3 Å². The molecule has 1 amide bonds. The van der Waals surface area contributed by atoms with Gasteiger partial charge in [-0.3, -0.25) is 4.98 Å². The quantitative estimate of drug-likeness (QED) is 0.306. The van der Waals surface area contributed by atoms with E-state index in [1.165, 1.54) is 11.2 Å². The molecule has 1 saturated heterocycles. The molecule has 0 bridgehead atoms. The van der Waals surface area contributed by atoms with Crippen molar-refractivity contribution in [2.75, 3.05) is 25.0 Å². The fourth-order valence-electron chi connectivity index (χ4n) is 4.79. The van der Waals surface area contributed by atoms with Crippen molar-refractivity contribution in [3.8, 4) is 11.3 Å². The summed E-state index contributed by atoms with van der Waals surface area (Å²) in [6.45, 7) is 2.50. The molecule has 0 spiro atoms. The van der Waals surface area contributed by atoms with Crippen LogP contribution in [-0.4, -0.2) is 67.8 Å². The summed E-state index contributed by atoms with van der Waals surface area (Å²) >= 11 is 0. The lowest BCUT2D eigenvalue weighted by Crippen LogP contribution is -2.48. The molecule has 1 aromatic carbocycles. The first-order chi connectivity index (χ1) is 18.4. The number of carboxylic acid groups (broad SMARTS) is 1. The number of aromatic nitrogens is 4. The number of piperidine rings is 1. The summed E-state index contributed by atoms with van der Waals surface area (Å²) in [5.41, 5.74) is 4.45. The SMILES string of the molecule is CCN(C(=O)O)S(=O)(=O)N1CCC(c2cc3c(-c4cncc(NCc5ccccc5)n4)ccnc3[nH]2)CC1. The zero-order valence-electron chi connectivity index (χ0n) is 20.9. The van der Waals surface area contributed by atoms with Crippen molar-refractivity contribution in [1.29, 1.82) is 0 Å². The average Bonchev–Trinajstić information content (AvgIpc) is 3.37. The molecule has 0 radical (unpaired) electrons. The number of rotatable bonds is 8. The Morgan fingerprint density at radius 2 is 1.95 bits per heavy atom. The number of anilines is 1. The van der Waals surface area contributed by atoms with E-state index in [2.05, 4.69) is 20.3 Å². The molecule has 3 aromatic heterocycles. The van der Waals surface area contributed by atoms with E-state index in [0.29, 0.717) is 29.5 Å². The Labute approximate surface area is 220 Å². The third-order valence-electron chi connectivity index (χ3n) is 6.78. The molecular weight excluding hydrogens is 506 g/mol. The fourth-order valence-corrected chi connectivity index (χ4v) is 6.27. The van der Waals surface area contributed by atoms with Crippen LogP contribution >= 0.6 is 0 Å². The fraction of sp³-hybridized carbons (Fsp3) is 0.308. The van der Waals surface area contributed by atoms with E-state index in [1.807, 2.05) is 42.5 Å².